The van der Waals surface area contributed by atoms with Crippen LogP contribution in [0.3, 0.4) is 0 Å². The summed E-state index contributed by atoms with van der Waals surface area (Å²) in [6.45, 7) is 6.11. The maximum absolute atomic E-state index is 12.2. The number of hydrogen-bond acceptors (Lipinski definition) is 4. The lowest BCUT2D eigenvalue weighted by molar-refractivity contribution is -0.115. The number of benzene rings is 1. The van der Waals surface area contributed by atoms with E-state index >= 15 is 0 Å². The van der Waals surface area contributed by atoms with Crippen molar-refractivity contribution < 1.29 is 14.3 Å². The van der Waals surface area contributed by atoms with Crippen LogP contribution >= 0.6 is 0 Å². The molecule has 0 fully saturated rings. The summed E-state index contributed by atoms with van der Waals surface area (Å²) in [5.41, 5.74) is 0.402. The van der Waals surface area contributed by atoms with E-state index in [0.29, 0.717) is 23.7 Å². The van der Waals surface area contributed by atoms with E-state index in [0.717, 1.165) is 0 Å². The Bertz CT molecular complexity index is 709. The first-order valence-electron chi connectivity index (χ1n) is 7.86. The summed E-state index contributed by atoms with van der Waals surface area (Å²) in [5, 5.41) is 9.47. The van der Waals surface area contributed by atoms with E-state index in [4.69, 9.17) is 4.74 Å². The molecule has 24 heavy (non-hydrogen) atoms. The van der Waals surface area contributed by atoms with Gasteiger partial charge in [0.15, 0.2) is 0 Å². The van der Waals surface area contributed by atoms with Crippen molar-refractivity contribution in [2.45, 2.75) is 26.8 Å². The smallest absolute Gasteiger partial charge is 0.255 e. The zero-order valence-electron chi connectivity index (χ0n) is 14.1. The molecule has 2 N–H and O–H groups in total. The van der Waals surface area contributed by atoms with Crippen LogP contribution in [-0.2, 0) is 4.79 Å². The Morgan fingerprint density at radius 3 is 2.71 bits per heavy atom. The molecule has 0 saturated carbocycles. The third-order valence-electron chi connectivity index (χ3n) is 3.27. The number of aromatic nitrogens is 2. The van der Waals surface area contributed by atoms with E-state index in [1.165, 1.54) is 0 Å². The lowest BCUT2D eigenvalue weighted by atomic mass is 10.2. The van der Waals surface area contributed by atoms with Crippen LogP contribution in [0, 0.1) is 0 Å². The van der Waals surface area contributed by atoms with E-state index in [2.05, 4.69) is 15.7 Å². The minimum absolute atomic E-state index is 0.128. The topological polar surface area (TPSA) is 85.2 Å². The van der Waals surface area contributed by atoms with Gasteiger partial charge in [-0.15, -0.1) is 0 Å². The lowest BCUT2D eigenvalue weighted by Crippen LogP contribution is -2.33. The number of carbonyl (C=O) groups excluding carboxylic acids is 2. The van der Waals surface area contributed by atoms with Crippen molar-refractivity contribution in [3.63, 3.8) is 0 Å². The van der Waals surface area contributed by atoms with Crippen LogP contribution in [0.25, 0.3) is 0 Å². The standard InChI is InChI=1S/C17H22N4O3/c1-4-24-14-8-6-5-7-13(14)17(23)18-11-16(22)20-15-9-10-19-21(15)12(2)3/h5-10,12H,4,11H2,1-3H3,(H,18,23)(H,20,22). The largest absolute Gasteiger partial charge is 0.493 e. The Morgan fingerprint density at radius 2 is 2.00 bits per heavy atom. The number of anilines is 1. The van der Waals surface area contributed by atoms with E-state index in [-0.39, 0.29) is 24.4 Å². The van der Waals surface area contributed by atoms with Crippen molar-refractivity contribution >= 4 is 17.6 Å². The van der Waals surface area contributed by atoms with Crippen molar-refractivity contribution in [2.75, 3.05) is 18.5 Å². The molecule has 7 heteroatoms. The lowest BCUT2D eigenvalue weighted by Gasteiger charge is -2.13. The molecule has 0 spiro atoms. The quantitative estimate of drug-likeness (QED) is 0.815. The van der Waals surface area contributed by atoms with Crippen LogP contribution in [0.1, 0.15) is 37.2 Å². The molecule has 0 unspecified atom stereocenters. The summed E-state index contributed by atoms with van der Waals surface area (Å²) in [6, 6.07) is 8.76. The van der Waals surface area contributed by atoms with E-state index in [1.807, 2.05) is 20.8 Å². The fourth-order valence-electron chi connectivity index (χ4n) is 2.20. The van der Waals surface area contributed by atoms with Gasteiger partial charge in [0.2, 0.25) is 5.91 Å². The average molecular weight is 330 g/mol. The third-order valence-corrected chi connectivity index (χ3v) is 3.27. The predicted octanol–water partition coefficient (Wildman–Crippen LogP) is 2.23. The van der Waals surface area contributed by atoms with E-state index < -0.39 is 0 Å². The number of ether oxygens (including phenoxy) is 1. The van der Waals surface area contributed by atoms with Gasteiger partial charge in [0, 0.05) is 12.1 Å². The second kappa shape index (κ2) is 8.14. The van der Waals surface area contributed by atoms with Gasteiger partial charge in [-0.25, -0.2) is 4.68 Å². The molecule has 2 rings (SSSR count). The Balaban J connectivity index is 1.94. The van der Waals surface area contributed by atoms with E-state index in [1.54, 1.807) is 41.2 Å². The monoisotopic (exact) mass is 330 g/mol. The second-order valence-corrected chi connectivity index (χ2v) is 5.41. The molecule has 7 nitrogen and oxygen atoms in total. The van der Waals surface area contributed by atoms with Crippen LogP contribution in [0.4, 0.5) is 5.82 Å². The first kappa shape index (κ1) is 17.5. The average Bonchev–Trinajstić information content (AvgIpc) is 3.02. The third kappa shape index (κ3) is 4.34. The predicted molar refractivity (Wildman–Crippen MR) is 91.2 cm³/mol. The molecule has 0 atom stereocenters. The maximum atomic E-state index is 12.2. The second-order valence-electron chi connectivity index (χ2n) is 5.41. The molecule has 0 aliphatic carbocycles. The van der Waals surface area contributed by atoms with Gasteiger partial charge in [0.05, 0.1) is 24.9 Å². The summed E-state index contributed by atoms with van der Waals surface area (Å²) in [7, 11) is 0. The van der Waals surface area contributed by atoms with Gasteiger partial charge in [-0.3, -0.25) is 9.59 Å². The molecule has 2 amide bonds. The van der Waals surface area contributed by atoms with Crippen LogP contribution in [0.5, 0.6) is 5.75 Å². The Hall–Kier alpha value is -2.83. The summed E-state index contributed by atoms with van der Waals surface area (Å²) < 4.78 is 7.12. The van der Waals surface area contributed by atoms with Gasteiger partial charge >= 0.3 is 0 Å². The zero-order chi connectivity index (χ0) is 17.5. The molecular weight excluding hydrogens is 308 g/mol. The number of rotatable bonds is 7. The van der Waals surface area contributed by atoms with Crippen LogP contribution < -0.4 is 15.4 Å². The van der Waals surface area contributed by atoms with Gasteiger partial charge in [-0.2, -0.15) is 5.10 Å². The van der Waals surface area contributed by atoms with Crippen molar-refractivity contribution in [3.8, 4) is 5.75 Å². The van der Waals surface area contributed by atoms with Crippen LogP contribution in [0.15, 0.2) is 36.5 Å². The zero-order valence-corrected chi connectivity index (χ0v) is 14.1. The van der Waals surface area contributed by atoms with Crippen LogP contribution in [-0.4, -0.2) is 34.7 Å². The van der Waals surface area contributed by atoms with Gasteiger partial charge in [-0.1, -0.05) is 12.1 Å². The molecule has 0 aliphatic heterocycles. The molecule has 0 radical (unpaired) electrons. The molecular formula is C17H22N4O3. The number of carbonyl (C=O) groups is 2. The highest BCUT2D eigenvalue weighted by molar-refractivity contribution is 6.00. The highest BCUT2D eigenvalue weighted by Gasteiger charge is 2.14. The molecule has 1 heterocycles. The number of amides is 2. The number of hydrogen-bond donors (Lipinski definition) is 2. The molecule has 2 aromatic rings. The number of nitrogens with zero attached hydrogens (tertiary/aromatic N) is 2. The first-order valence-corrected chi connectivity index (χ1v) is 7.86. The Labute approximate surface area is 141 Å². The van der Waals surface area contributed by atoms with Crippen LogP contribution in [0.2, 0.25) is 0 Å². The number of nitrogens with one attached hydrogen (secondary N) is 2. The fraction of sp³-hybridized carbons (Fsp3) is 0.353. The van der Waals surface area contributed by atoms with Gasteiger partial charge < -0.3 is 15.4 Å². The van der Waals surface area contributed by atoms with Gasteiger partial charge in [-0.05, 0) is 32.9 Å². The highest BCUT2D eigenvalue weighted by atomic mass is 16.5. The summed E-state index contributed by atoms with van der Waals surface area (Å²) in [5.74, 6) is 0.418. The molecule has 0 saturated heterocycles. The molecule has 128 valence electrons. The fourth-order valence-corrected chi connectivity index (χ4v) is 2.20. The molecule has 0 bridgehead atoms. The Kier molecular flexibility index (Phi) is 5.95. The van der Waals surface area contributed by atoms with Crippen molar-refractivity contribution in [1.29, 1.82) is 0 Å². The first-order chi connectivity index (χ1) is 11.5. The summed E-state index contributed by atoms with van der Waals surface area (Å²) in [4.78, 5) is 24.3. The number of para-hydroxylation sites is 1. The minimum atomic E-state index is -0.355. The maximum Gasteiger partial charge on any atom is 0.255 e. The van der Waals surface area contributed by atoms with Crippen molar-refractivity contribution in [1.82, 2.24) is 15.1 Å². The van der Waals surface area contributed by atoms with Gasteiger partial charge in [0.25, 0.3) is 5.91 Å². The minimum Gasteiger partial charge on any atom is -0.493 e. The molecule has 0 aliphatic rings. The Morgan fingerprint density at radius 1 is 1.25 bits per heavy atom. The van der Waals surface area contributed by atoms with E-state index in [9.17, 15) is 9.59 Å². The molecule has 1 aromatic carbocycles. The summed E-state index contributed by atoms with van der Waals surface area (Å²) in [6.07, 6.45) is 1.62. The highest BCUT2D eigenvalue weighted by Crippen LogP contribution is 2.17. The SMILES string of the molecule is CCOc1ccccc1C(=O)NCC(=O)Nc1ccnn1C(C)C. The molecule has 1 aromatic heterocycles. The van der Waals surface area contributed by atoms with Crippen molar-refractivity contribution in [2.24, 2.45) is 0 Å². The normalized spacial score (nSPS) is 10.5. The van der Waals surface area contributed by atoms with Crippen molar-refractivity contribution in [3.05, 3.63) is 42.1 Å². The summed E-state index contributed by atoms with van der Waals surface area (Å²) >= 11 is 0. The van der Waals surface area contributed by atoms with Gasteiger partial charge in [0.1, 0.15) is 11.6 Å².